The molecule has 30 heavy (non-hydrogen) atoms. The van der Waals surface area contributed by atoms with Gasteiger partial charge in [0, 0.05) is 11.4 Å². The SMILES string of the molecule is CCC(C)(C)n1nnnc1[C@@H](c1cc2cc(C)ccc2[nH]c1=O)[NH+]1CCC[C@H](C)C1. The number of aromatic amines is 1. The Bertz CT molecular complexity index is 1100. The largest absolute Gasteiger partial charge is 0.322 e. The molecule has 0 aliphatic carbocycles. The predicted molar refractivity (Wildman–Crippen MR) is 118 cm³/mol. The van der Waals surface area contributed by atoms with Crippen LogP contribution in [-0.2, 0) is 5.54 Å². The second-order valence-corrected chi connectivity index (χ2v) is 9.55. The minimum atomic E-state index is -0.224. The Kier molecular flexibility index (Phi) is 5.49. The Balaban J connectivity index is 1.91. The molecule has 0 amide bonds. The molecule has 7 nitrogen and oxygen atoms in total. The van der Waals surface area contributed by atoms with Crippen molar-refractivity contribution in [3.05, 3.63) is 51.6 Å². The summed E-state index contributed by atoms with van der Waals surface area (Å²) in [5, 5.41) is 13.9. The predicted octanol–water partition coefficient (Wildman–Crippen LogP) is 2.37. The van der Waals surface area contributed by atoms with Crippen LogP contribution >= 0.6 is 0 Å². The summed E-state index contributed by atoms with van der Waals surface area (Å²) in [6.07, 6.45) is 3.28. The molecule has 0 bridgehead atoms. The molecule has 7 heteroatoms. The summed E-state index contributed by atoms with van der Waals surface area (Å²) in [6.45, 7) is 12.8. The first-order valence-corrected chi connectivity index (χ1v) is 11.1. The van der Waals surface area contributed by atoms with E-state index in [2.05, 4.69) is 67.3 Å². The van der Waals surface area contributed by atoms with Crippen LogP contribution in [0.4, 0.5) is 0 Å². The third kappa shape index (κ3) is 3.78. The minimum Gasteiger partial charge on any atom is -0.322 e. The van der Waals surface area contributed by atoms with Gasteiger partial charge in [-0.3, -0.25) is 4.79 Å². The molecular formula is C23H33N6O+. The summed E-state index contributed by atoms with van der Waals surface area (Å²) >= 11 is 0. The van der Waals surface area contributed by atoms with Gasteiger partial charge in [0.2, 0.25) is 5.82 Å². The first-order chi connectivity index (χ1) is 14.3. The van der Waals surface area contributed by atoms with Crippen molar-refractivity contribution >= 4 is 10.9 Å². The van der Waals surface area contributed by atoms with E-state index in [1.165, 1.54) is 16.9 Å². The van der Waals surface area contributed by atoms with Crippen LogP contribution in [-0.4, -0.2) is 38.3 Å². The first kappa shape index (κ1) is 20.7. The lowest BCUT2D eigenvalue weighted by Gasteiger charge is -2.35. The molecule has 0 spiro atoms. The molecule has 3 heterocycles. The number of tetrazole rings is 1. The van der Waals surface area contributed by atoms with Gasteiger partial charge in [-0.2, -0.15) is 0 Å². The van der Waals surface area contributed by atoms with E-state index in [0.29, 0.717) is 5.92 Å². The van der Waals surface area contributed by atoms with Gasteiger partial charge in [0.25, 0.3) is 5.56 Å². The zero-order chi connectivity index (χ0) is 21.5. The lowest BCUT2D eigenvalue weighted by atomic mass is 9.94. The highest BCUT2D eigenvalue weighted by molar-refractivity contribution is 5.79. The highest BCUT2D eigenvalue weighted by Gasteiger charge is 2.38. The van der Waals surface area contributed by atoms with Crippen molar-refractivity contribution in [3.63, 3.8) is 0 Å². The van der Waals surface area contributed by atoms with E-state index >= 15 is 0 Å². The molecule has 0 radical (unpaired) electrons. The van der Waals surface area contributed by atoms with Gasteiger partial charge in [0.15, 0.2) is 6.04 Å². The van der Waals surface area contributed by atoms with Crippen LogP contribution in [0, 0.1) is 12.8 Å². The molecule has 1 fully saturated rings. The number of piperidine rings is 1. The van der Waals surface area contributed by atoms with Crippen LogP contribution in [0.5, 0.6) is 0 Å². The van der Waals surface area contributed by atoms with Gasteiger partial charge < -0.3 is 9.88 Å². The monoisotopic (exact) mass is 409 g/mol. The number of rotatable bonds is 5. The van der Waals surface area contributed by atoms with Crippen molar-refractivity contribution in [1.82, 2.24) is 25.2 Å². The average molecular weight is 410 g/mol. The Morgan fingerprint density at radius 1 is 1.33 bits per heavy atom. The molecule has 160 valence electrons. The van der Waals surface area contributed by atoms with E-state index in [9.17, 15) is 4.79 Å². The van der Waals surface area contributed by atoms with Crippen molar-refractivity contribution in [2.24, 2.45) is 5.92 Å². The summed E-state index contributed by atoms with van der Waals surface area (Å²) in [5.41, 5.74) is 2.51. The average Bonchev–Trinajstić information content (AvgIpc) is 3.19. The fraction of sp³-hybridized carbons (Fsp3) is 0.565. The number of pyridine rings is 1. The highest BCUT2D eigenvalue weighted by atomic mass is 16.1. The number of hydrogen-bond donors (Lipinski definition) is 2. The Hall–Kier alpha value is -2.54. The number of nitrogens with one attached hydrogen (secondary N) is 2. The molecule has 2 aromatic heterocycles. The molecule has 0 saturated carbocycles. The van der Waals surface area contributed by atoms with Crippen molar-refractivity contribution in [2.75, 3.05) is 13.1 Å². The molecule has 1 saturated heterocycles. The maximum atomic E-state index is 13.3. The topological polar surface area (TPSA) is 80.9 Å². The third-order valence-corrected chi connectivity index (χ3v) is 6.74. The zero-order valence-electron chi connectivity index (χ0n) is 18.7. The molecule has 2 N–H and O–H groups in total. The number of H-pyrrole nitrogens is 1. The van der Waals surface area contributed by atoms with E-state index in [4.69, 9.17) is 0 Å². The van der Waals surface area contributed by atoms with E-state index in [1.54, 1.807) is 0 Å². The van der Waals surface area contributed by atoms with Gasteiger partial charge in [0.1, 0.15) is 0 Å². The van der Waals surface area contributed by atoms with Gasteiger partial charge in [-0.15, -0.1) is 5.10 Å². The van der Waals surface area contributed by atoms with E-state index in [1.807, 2.05) is 16.8 Å². The smallest absolute Gasteiger partial charge is 0.258 e. The summed E-state index contributed by atoms with van der Waals surface area (Å²) in [4.78, 5) is 17.7. The maximum Gasteiger partial charge on any atom is 0.258 e. The number of nitrogens with zero attached hydrogens (tertiary/aromatic N) is 4. The van der Waals surface area contributed by atoms with Crippen LogP contribution in [0.15, 0.2) is 29.1 Å². The van der Waals surface area contributed by atoms with Gasteiger partial charge in [-0.25, -0.2) is 4.68 Å². The van der Waals surface area contributed by atoms with Crippen LogP contribution in [0.1, 0.15) is 70.0 Å². The first-order valence-electron chi connectivity index (χ1n) is 11.1. The molecule has 3 atom stereocenters. The van der Waals surface area contributed by atoms with E-state index < -0.39 is 0 Å². The molecule has 1 aliphatic rings. The van der Waals surface area contributed by atoms with Gasteiger partial charge in [-0.1, -0.05) is 25.5 Å². The standard InChI is InChI=1S/C23H32N6O/c1-6-23(4,5)29-21(25-26-27-29)20(28-11-7-8-16(3)14-28)18-13-17-12-15(2)9-10-19(17)24-22(18)30/h9-10,12-13,16,20H,6-8,11,14H2,1-5H3,(H,24,30)/p+1/t16-,20+/m0/s1. The molecule has 1 aliphatic heterocycles. The summed E-state index contributed by atoms with van der Waals surface area (Å²) < 4.78 is 1.93. The molecule has 1 aromatic carbocycles. The Morgan fingerprint density at radius 2 is 2.13 bits per heavy atom. The number of benzene rings is 1. The number of fused-ring (bicyclic) bond motifs is 1. The molecule has 1 unspecified atom stereocenters. The zero-order valence-corrected chi connectivity index (χ0v) is 18.7. The normalized spacial score (nSPS) is 21.1. The number of aryl methyl sites for hydroxylation is 1. The summed E-state index contributed by atoms with van der Waals surface area (Å²) in [6, 6.07) is 7.99. The van der Waals surface area contributed by atoms with Crippen molar-refractivity contribution < 1.29 is 4.90 Å². The van der Waals surface area contributed by atoms with Crippen LogP contribution in [0.3, 0.4) is 0 Å². The third-order valence-electron chi connectivity index (χ3n) is 6.74. The summed E-state index contributed by atoms with van der Waals surface area (Å²) in [5.74, 6) is 1.39. The lowest BCUT2D eigenvalue weighted by molar-refractivity contribution is -0.934. The number of likely N-dealkylation sites (tertiary alicyclic amines) is 1. The van der Waals surface area contributed by atoms with Crippen molar-refractivity contribution in [1.29, 1.82) is 0 Å². The number of aromatic nitrogens is 5. The lowest BCUT2D eigenvalue weighted by Crippen LogP contribution is -3.14. The second-order valence-electron chi connectivity index (χ2n) is 9.55. The van der Waals surface area contributed by atoms with Crippen molar-refractivity contribution in [3.8, 4) is 0 Å². The van der Waals surface area contributed by atoms with E-state index in [-0.39, 0.29) is 17.1 Å². The Labute approximate surface area is 177 Å². The van der Waals surface area contributed by atoms with Gasteiger partial charge in [0.05, 0.1) is 24.2 Å². The summed E-state index contributed by atoms with van der Waals surface area (Å²) in [7, 11) is 0. The maximum absolute atomic E-state index is 13.3. The second kappa shape index (κ2) is 7.95. The van der Waals surface area contributed by atoms with Crippen molar-refractivity contribution in [2.45, 2.75) is 65.5 Å². The minimum absolute atomic E-state index is 0.0501. The highest BCUT2D eigenvalue weighted by Crippen LogP contribution is 2.25. The van der Waals surface area contributed by atoms with Crippen LogP contribution < -0.4 is 10.5 Å². The quantitative estimate of drug-likeness (QED) is 0.678. The fourth-order valence-corrected chi connectivity index (χ4v) is 4.65. The molecule has 3 aromatic rings. The Morgan fingerprint density at radius 3 is 2.87 bits per heavy atom. The molecular weight excluding hydrogens is 376 g/mol. The number of quaternary nitrogens is 1. The molecule has 4 rings (SSSR count). The van der Waals surface area contributed by atoms with E-state index in [0.717, 1.165) is 48.2 Å². The van der Waals surface area contributed by atoms with Gasteiger partial charge in [-0.05, 0) is 74.0 Å². The fourth-order valence-electron chi connectivity index (χ4n) is 4.65. The van der Waals surface area contributed by atoms with Gasteiger partial charge >= 0.3 is 0 Å². The van der Waals surface area contributed by atoms with Crippen LogP contribution in [0.25, 0.3) is 10.9 Å². The van der Waals surface area contributed by atoms with Crippen LogP contribution in [0.2, 0.25) is 0 Å². The number of hydrogen-bond acceptors (Lipinski definition) is 4.